The molecule has 1 aliphatic heterocycles. The summed E-state index contributed by atoms with van der Waals surface area (Å²) in [7, 11) is -2.28. The number of nitrogens with zero attached hydrogens (tertiary/aromatic N) is 2. The molecule has 1 saturated heterocycles. The molecule has 0 unspecified atom stereocenters. The van der Waals surface area contributed by atoms with Crippen molar-refractivity contribution in [3.63, 3.8) is 0 Å². The first-order chi connectivity index (χ1) is 11.8. The molecule has 1 N–H and O–H groups in total. The number of hydrogen-bond acceptors (Lipinski definition) is 5. The second-order valence-electron chi connectivity index (χ2n) is 5.93. The van der Waals surface area contributed by atoms with Crippen molar-refractivity contribution in [3.8, 4) is 5.75 Å². The molecule has 8 nitrogen and oxygen atoms in total. The third-order valence-corrected chi connectivity index (χ3v) is 5.75. The Balaban J connectivity index is 2.03. The number of sulfonamides is 1. The molecule has 0 bridgehead atoms. The average Bonchev–Trinajstić information content (AvgIpc) is 2.61. The lowest BCUT2D eigenvalue weighted by atomic mass is 10.1. The fourth-order valence-electron chi connectivity index (χ4n) is 2.70. The molecule has 0 spiro atoms. The van der Waals surface area contributed by atoms with E-state index in [9.17, 15) is 18.0 Å². The van der Waals surface area contributed by atoms with E-state index in [0.29, 0.717) is 43.1 Å². The maximum atomic E-state index is 12.5. The molecule has 2 amide bonds. The van der Waals surface area contributed by atoms with E-state index in [1.807, 2.05) is 0 Å². The standard InChI is InChI=1S/C16H23N3O5S/c1-12-9-15(13(2)8-14(12)24-3)25(22,23)17-10-16(21)19-6-4-18(11-20)5-7-19/h8-9,11,17H,4-7,10H2,1-3H3. The number of amides is 2. The van der Waals surface area contributed by atoms with E-state index < -0.39 is 10.0 Å². The Morgan fingerprint density at radius 3 is 2.40 bits per heavy atom. The molecule has 1 aromatic carbocycles. The Morgan fingerprint density at radius 1 is 1.20 bits per heavy atom. The number of nitrogens with one attached hydrogen (secondary N) is 1. The fourth-order valence-corrected chi connectivity index (χ4v) is 3.98. The van der Waals surface area contributed by atoms with Crippen LogP contribution in [0.4, 0.5) is 0 Å². The molecule has 1 fully saturated rings. The van der Waals surface area contributed by atoms with E-state index >= 15 is 0 Å². The minimum absolute atomic E-state index is 0.129. The fraction of sp³-hybridized carbons (Fsp3) is 0.500. The van der Waals surface area contributed by atoms with Crippen LogP contribution >= 0.6 is 0 Å². The molecular weight excluding hydrogens is 346 g/mol. The summed E-state index contributed by atoms with van der Waals surface area (Å²) in [5.41, 5.74) is 1.24. The van der Waals surface area contributed by atoms with E-state index in [0.717, 1.165) is 6.41 Å². The van der Waals surface area contributed by atoms with Gasteiger partial charge in [-0.3, -0.25) is 9.59 Å². The maximum Gasteiger partial charge on any atom is 0.241 e. The van der Waals surface area contributed by atoms with E-state index in [1.54, 1.807) is 29.7 Å². The molecule has 0 radical (unpaired) electrons. The van der Waals surface area contributed by atoms with Gasteiger partial charge in [-0.25, -0.2) is 13.1 Å². The summed E-state index contributed by atoms with van der Waals surface area (Å²) in [5.74, 6) is 0.303. The number of aryl methyl sites for hydroxylation is 2. The molecule has 2 rings (SSSR count). The van der Waals surface area contributed by atoms with Gasteiger partial charge in [0.1, 0.15) is 5.75 Å². The van der Waals surface area contributed by atoms with Gasteiger partial charge in [-0.15, -0.1) is 0 Å². The summed E-state index contributed by atoms with van der Waals surface area (Å²) in [6, 6.07) is 3.19. The minimum Gasteiger partial charge on any atom is -0.496 e. The smallest absolute Gasteiger partial charge is 0.241 e. The molecular formula is C16H23N3O5S. The van der Waals surface area contributed by atoms with Gasteiger partial charge in [-0.2, -0.15) is 0 Å². The van der Waals surface area contributed by atoms with Gasteiger partial charge >= 0.3 is 0 Å². The highest BCUT2D eigenvalue weighted by Crippen LogP contribution is 2.25. The van der Waals surface area contributed by atoms with E-state index in [-0.39, 0.29) is 17.3 Å². The zero-order chi connectivity index (χ0) is 18.6. The quantitative estimate of drug-likeness (QED) is 0.706. The van der Waals surface area contributed by atoms with Crippen molar-refractivity contribution in [3.05, 3.63) is 23.3 Å². The monoisotopic (exact) mass is 369 g/mol. The molecule has 1 aromatic rings. The highest BCUT2D eigenvalue weighted by molar-refractivity contribution is 7.89. The number of hydrogen-bond donors (Lipinski definition) is 1. The second-order valence-corrected chi connectivity index (χ2v) is 7.67. The Bertz CT molecular complexity index is 755. The van der Waals surface area contributed by atoms with Gasteiger partial charge in [0.05, 0.1) is 18.6 Å². The van der Waals surface area contributed by atoms with Crippen LogP contribution in [-0.2, 0) is 19.6 Å². The van der Waals surface area contributed by atoms with E-state index in [2.05, 4.69) is 4.72 Å². The van der Waals surface area contributed by atoms with Crippen LogP contribution in [0.3, 0.4) is 0 Å². The predicted molar refractivity (Wildman–Crippen MR) is 91.9 cm³/mol. The first-order valence-corrected chi connectivity index (χ1v) is 9.39. The summed E-state index contributed by atoms with van der Waals surface area (Å²) in [5, 5.41) is 0. The first kappa shape index (κ1) is 19.2. The summed E-state index contributed by atoms with van der Waals surface area (Å²) in [6.07, 6.45) is 0.749. The summed E-state index contributed by atoms with van der Waals surface area (Å²) < 4.78 is 32.6. The lowest BCUT2D eigenvalue weighted by molar-refractivity contribution is -0.134. The van der Waals surface area contributed by atoms with Gasteiger partial charge in [0.2, 0.25) is 22.3 Å². The minimum atomic E-state index is -3.81. The summed E-state index contributed by atoms with van der Waals surface area (Å²) in [4.78, 5) is 26.1. The first-order valence-electron chi connectivity index (χ1n) is 7.90. The SMILES string of the molecule is COc1cc(C)c(S(=O)(=O)NCC(=O)N2CCN(C=O)CC2)cc1C. The Kier molecular flexibility index (Phi) is 6.02. The van der Waals surface area contributed by atoms with Crippen LogP contribution in [0.1, 0.15) is 11.1 Å². The normalized spacial score (nSPS) is 15.2. The number of carbonyl (C=O) groups excluding carboxylic acids is 2. The lowest BCUT2D eigenvalue weighted by Crippen LogP contribution is -2.50. The topological polar surface area (TPSA) is 96.0 Å². The van der Waals surface area contributed by atoms with Crippen molar-refractivity contribution in [2.45, 2.75) is 18.7 Å². The molecule has 0 saturated carbocycles. The van der Waals surface area contributed by atoms with Crippen molar-refractivity contribution in [1.82, 2.24) is 14.5 Å². The van der Waals surface area contributed by atoms with Crippen LogP contribution in [0.5, 0.6) is 5.75 Å². The maximum absolute atomic E-state index is 12.5. The second kappa shape index (κ2) is 7.83. The molecule has 1 aliphatic rings. The molecule has 138 valence electrons. The zero-order valence-electron chi connectivity index (χ0n) is 14.6. The van der Waals surface area contributed by atoms with Crippen LogP contribution in [0, 0.1) is 13.8 Å². The van der Waals surface area contributed by atoms with Crippen LogP contribution in [0.25, 0.3) is 0 Å². The van der Waals surface area contributed by atoms with Crippen LogP contribution in [0.2, 0.25) is 0 Å². The third kappa shape index (κ3) is 4.49. The van der Waals surface area contributed by atoms with Gasteiger partial charge in [0, 0.05) is 26.2 Å². The number of rotatable bonds is 6. The highest BCUT2D eigenvalue weighted by Gasteiger charge is 2.23. The molecule has 9 heteroatoms. The zero-order valence-corrected chi connectivity index (χ0v) is 15.4. The van der Waals surface area contributed by atoms with E-state index in [4.69, 9.17) is 4.74 Å². The van der Waals surface area contributed by atoms with Gasteiger partial charge < -0.3 is 14.5 Å². The number of ether oxygens (including phenoxy) is 1. The third-order valence-electron chi connectivity index (χ3n) is 4.21. The summed E-state index contributed by atoms with van der Waals surface area (Å²) >= 11 is 0. The molecule has 25 heavy (non-hydrogen) atoms. The molecule has 1 heterocycles. The lowest BCUT2D eigenvalue weighted by Gasteiger charge is -2.32. The predicted octanol–water partition coefficient (Wildman–Crippen LogP) is -0.109. The molecule has 0 atom stereocenters. The van der Waals surface area contributed by atoms with Crippen molar-refractivity contribution < 1.29 is 22.7 Å². The molecule has 0 aliphatic carbocycles. The van der Waals surface area contributed by atoms with Gasteiger partial charge in [-0.05, 0) is 37.1 Å². The van der Waals surface area contributed by atoms with Crippen LogP contribution in [-0.4, -0.2) is 70.4 Å². The number of piperazine rings is 1. The number of methoxy groups -OCH3 is 1. The van der Waals surface area contributed by atoms with Gasteiger partial charge in [0.15, 0.2) is 0 Å². The van der Waals surface area contributed by atoms with Crippen LogP contribution < -0.4 is 9.46 Å². The summed E-state index contributed by atoms with van der Waals surface area (Å²) in [6.45, 7) is 4.84. The van der Waals surface area contributed by atoms with Crippen molar-refractivity contribution in [2.24, 2.45) is 0 Å². The Morgan fingerprint density at radius 2 is 1.84 bits per heavy atom. The van der Waals surface area contributed by atoms with Crippen molar-refractivity contribution >= 4 is 22.3 Å². The number of carbonyl (C=O) groups is 2. The number of benzene rings is 1. The van der Waals surface area contributed by atoms with E-state index in [1.165, 1.54) is 13.2 Å². The highest BCUT2D eigenvalue weighted by atomic mass is 32.2. The Labute approximate surface area is 147 Å². The van der Waals surface area contributed by atoms with Gasteiger partial charge in [0.25, 0.3) is 0 Å². The van der Waals surface area contributed by atoms with Gasteiger partial charge in [-0.1, -0.05) is 0 Å². The largest absolute Gasteiger partial charge is 0.496 e. The van der Waals surface area contributed by atoms with Crippen molar-refractivity contribution in [1.29, 1.82) is 0 Å². The Hall–Kier alpha value is -2.13. The molecule has 0 aromatic heterocycles. The van der Waals surface area contributed by atoms with Crippen LogP contribution in [0.15, 0.2) is 17.0 Å². The average molecular weight is 369 g/mol. The van der Waals surface area contributed by atoms with Crippen molar-refractivity contribution in [2.75, 3.05) is 39.8 Å².